The molecule has 8 heteroatoms. The molecule has 36 heavy (non-hydrogen) atoms. The molecule has 0 atom stereocenters. The molecule has 0 unspecified atom stereocenters. The van der Waals surface area contributed by atoms with Crippen LogP contribution in [0.1, 0.15) is 11.3 Å². The number of amides is 2. The molecule has 2 heterocycles. The maximum absolute atomic E-state index is 12.5. The van der Waals surface area contributed by atoms with Crippen molar-refractivity contribution in [2.24, 2.45) is 0 Å². The minimum Gasteiger partial charge on any atom is -0.369 e. The quantitative estimate of drug-likeness (QED) is 0.484. The SMILES string of the molecule is Cc1cccc(NC(=O)CN(C)CC(=O)Nc2ccc(N3CCN(Cc4ccccc4)CC3)cc2)n1. The maximum atomic E-state index is 12.5. The monoisotopic (exact) mass is 486 g/mol. The van der Waals surface area contributed by atoms with Gasteiger partial charge in [0.25, 0.3) is 0 Å². The summed E-state index contributed by atoms with van der Waals surface area (Å²) in [6.45, 7) is 7.05. The van der Waals surface area contributed by atoms with Crippen molar-refractivity contribution in [1.82, 2.24) is 14.8 Å². The number of pyridine rings is 1. The van der Waals surface area contributed by atoms with Crippen molar-refractivity contribution in [1.29, 1.82) is 0 Å². The third-order valence-electron chi connectivity index (χ3n) is 6.12. The summed E-state index contributed by atoms with van der Waals surface area (Å²) < 4.78 is 0. The van der Waals surface area contributed by atoms with E-state index in [0.29, 0.717) is 5.82 Å². The normalized spacial score (nSPS) is 14.0. The second-order valence-corrected chi connectivity index (χ2v) is 9.23. The molecule has 0 saturated carbocycles. The Morgan fingerprint density at radius 1 is 0.833 bits per heavy atom. The summed E-state index contributed by atoms with van der Waals surface area (Å²) in [5, 5.41) is 5.67. The fourth-order valence-electron chi connectivity index (χ4n) is 4.30. The number of benzene rings is 2. The lowest BCUT2D eigenvalue weighted by molar-refractivity contribution is -0.119. The third kappa shape index (κ3) is 7.63. The van der Waals surface area contributed by atoms with Crippen molar-refractivity contribution in [2.75, 3.05) is 61.8 Å². The van der Waals surface area contributed by atoms with Gasteiger partial charge in [-0.25, -0.2) is 4.98 Å². The highest BCUT2D eigenvalue weighted by Gasteiger charge is 2.17. The zero-order chi connectivity index (χ0) is 25.3. The molecule has 2 amide bonds. The van der Waals surface area contributed by atoms with Crippen molar-refractivity contribution in [3.05, 3.63) is 84.1 Å². The van der Waals surface area contributed by atoms with Crippen LogP contribution in [0.2, 0.25) is 0 Å². The molecule has 1 fully saturated rings. The van der Waals surface area contributed by atoms with Gasteiger partial charge in [-0.1, -0.05) is 36.4 Å². The highest BCUT2D eigenvalue weighted by atomic mass is 16.2. The van der Waals surface area contributed by atoms with E-state index in [9.17, 15) is 9.59 Å². The molecule has 0 radical (unpaired) electrons. The molecule has 2 N–H and O–H groups in total. The van der Waals surface area contributed by atoms with Gasteiger partial charge in [-0.05, 0) is 55.9 Å². The predicted octanol–water partition coefficient (Wildman–Crippen LogP) is 3.22. The maximum Gasteiger partial charge on any atom is 0.239 e. The largest absolute Gasteiger partial charge is 0.369 e. The summed E-state index contributed by atoms with van der Waals surface area (Å²) in [7, 11) is 1.74. The van der Waals surface area contributed by atoms with E-state index in [1.165, 1.54) is 5.56 Å². The molecule has 0 bridgehead atoms. The third-order valence-corrected chi connectivity index (χ3v) is 6.12. The summed E-state index contributed by atoms with van der Waals surface area (Å²) in [4.78, 5) is 35.5. The van der Waals surface area contributed by atoms with Gasteiger partial charge in [0.2, 0.25) is 11.8 Å². The minimum absolute atomic E-state index is 0.0955. The minimum atomic E-state index is -0.211. The number of aromatic nitrogens is 1. The second kappa shape index (κ2) is 12.3. The molecular weight excluding hydrogens is 452 g/mol. The predicted molar refractivity (Wildman–Crippen MR) is 144 cm³/mol. The van der Waals surface area contributed by atoms with Crippen LogP contribution < -0.4 is 15.5 Å². The number of likely N-dealkylation sites (N-methyl/N-ethyl adjacent to an activating group) is 1. The van der Waals surface area contributed by atoms with E-state index < -0.39 is 0 Å². The van der Waals surface area contributed by atoms with E-state index in [0.717, 1.165) is 49.8 Å². The van der Waals surface area contributed by atoms with E-state index in [1.54, 1.807) is 18.0 Å². The van der Waals surface area contributed by atoms with Crippen molar-refractivity contribution in [2.45, 2.75) is 13.5 Å². The molecule has 1 aromatic heterocycles. The Kier molecular flexibility index (Phi) is 8.65. The number of rotatable bonds is 9. The van der Waals surface area contributed by atoms with Crippen LogP contribution in [0.3, 0.4) is 0 Å². The Morgan fingerprint density at radius 2 is 1.50 bits per heavy atom. The van der Waals surface area contributed by atoms with E-state index in [1.807, 2.05) is 31.2 Å². The van der Waals surface area contributed by atoms with Gasteiger partial charge in [-0.2, -0.15) is 0 Å². The molecule has 0 aliphatic carbocycles. The van der Waals surface area contributed by atoms with Gasteiger partial charge in [0, 0.05) is 49.8 Å². The summed E-state index contributed by atoms with van der Waals surface area (Å²) in [5.74, 6) is 0.133. The molecule has 1 aliphatic heterocycles. The van der Waals surface area contributed by atoms with E-state index in [4.69, 9.17) is 0 Å². The van der Waals surface area contributed by atoms with Gasteiger partial charge in [0.1, 0.15) is 5.82 Å². The zero-order valence-corrected chi connectivity index (χ0v) is 21.0. The average molecular weight is 487 g/mol. The topological polar surface area (TPSA) is 80.8 Å². The van der Waals surface area contributed by atoms with Crippen LogP contribution in [0.5, 0.6) is 0 Å². The number of carbonyl (C=O) groups is 2. The zero-order valence-electron chi connectivity index (χ0n) is 21.0. The Hall–Kier alpha value is -3.75. The lowest BCUT2D eigenvalue weighted by Gasteiger charge is -2.36. The van der Waals surface area contributed by atoms with Crippen molar-refractivity contribution < 1.29 is 9.59 Å². The molecule has 4 rings (SSSR count). The Labute approximate surface area is 212 Å². The van der Waals surface area contributed by atoms with E-state index in [2.05, 4.69) is 67.9 Å². The van der Waals surface area contributed by atoms with Gasteiger partial charge in [-0.15, -0.1) is 0 Å². The fraction of sp³-hybridized carbons (Fsp3) is 0.321. The molecule has 188 valence electrons. The summed E-state index contributed by atoms with van der Waals surface area (Å²) in [6.07, 6.45) is 0. The van der Waals surface area contributed by atoms with Gasteiger partial charge >= 0.3 is 0 Å². The highest BCUT2D eigenvalue weighted by Crippen LogP contribution is 2.20. The summed E-state index contributed by atoms with van der Waals surface area (Å²) >= 11 is 0. The lowest BCUT2D eigenvalue weighted by atomic mass is 10.2. The standard InChI is InChI=1S/C28H34N6O2/c1-22-7-6-10-26(29-22)31-28(36)21-32(2)20-27(35)30-24-11-13-25(14-12-24)34-17-15-33(16-18-34)19-23-8-4-3-5-9-23/h3-14H,15-21H2,1-2H3,(H,30,35)(H,29,31,36). The van der Waals surface area contributed by atoms with Crippen LogP contribution in [0.25, 0.3) is 0 Å². The van der Waals surface area contributed by atoms with Crippen LogP contribution in [0.15, 0.2) is 72.8 Å². The molecule has 1 saturated heterocycles. The first-order chi connectivity index (χ1) is 17.4. The molecule has 0 spiro atoms. The number of hydrogen-bond acceptors (Lipinski definition) is 6. The van der Waals surface area contributed by atoms with Crippen LogP contribution in [-0.2, 0) is 16.1 Å². The fourth-order valence-corrected chi connectivity index (χ4v) is 4.30. The van der Waals surface area contributed by atoms with Gasteiger partial charge < -0.3 is 15.5 Å². The number of carbonyl (C=O) groups excluding carboxylic acids is 2. The first-order valence-electron chi connectivity index (χ1n) is 12.3. The van der Waals surface area contributed by atoms with Gasteiger partial charge in [0.15, 0.2) is 0 Å². The summed E-state index contributed by atoms with van der Waals surface area (Å²) in [5.41, 5.74) is 4.08. The Bertz CT molecular complexity index is 1140. The number of aryl methyl sites for hydroxylation is 1. The van der Waals surface area contributed by atoms with Crippen LogP contribution in [0.4, 0.5) is 17.2 Å². The molecular formula is C28H34N6O2. The first kappa shape index (κ1) is 25.3. The molecule has 3 aromatic rings. The van der Waals surface area contributed by atoms with Crippen LogP contribution in [-0.4, -0.2) is 72.9 Å². The van der Waals surface area contributed by atoms with Crippen molar-refractivity contribution in [3.8, 4) is 0 Å². The number of anilines is 3. The average Bonchev–Trinajstić information content (AvgIpc) is 2.85. The Balaban J connectivity index is 1.19. The van der Waals surface area contributed by atoms with Gasteiger partial charge in [-0.3, -0.25) is 19.4 Å². The number of hydrogen-bond donors (Lipinski definition) is 2. The smallest absolute Gasteiger partial charge is 0.239 e. The number of nitrogens with zero attached hydrogens (tertiary/aromatic N) is 4. The lowest BCUT2D eigenvalue weighted by Crippen LogP contribution is -2.45. The van der Waals surface area contributed by atoms with Crippen LogP contribution >= 0.6 is 0 Å². The highest BCUT2D eigenvalue weighted by molar-refractivity contribution is 5.94. The van der Waals surface area contributed by atoms with Crippen LogP contribution in [0, 0.1) is 6.92 Å². The Morgan fingerprint density at radius 3 is 2.17 bits per heavy atom. The molecule has 8 nitrogen and oxygen atoms in total. The van der Waals surface area contributed by atoms with Crippen molar-refractivity contribution in [3.63, 3.8) is 0 Å². The van der Waals surface area contributed by atoms with E-state index in [-0.39, 0.29) is 24.9 Å². The molecule has 2 aromatic carbocycles. The number of nitrogens with one attached hydrogen (secondary N) is 2. The summed E-state index contributed by atoms with van der Waals surface area (Å²) in [6, 6.07) is 24.0. The first-order valence-corrected chi connectivity index (χ1v) is 12.3. The molecule has 1 aliphatic rings. The van der Waals surface area contributed by atoms with Crippen molar-refractivity contribution >= 4 is 29.0 Å². The van der Waals surface area contributed by atoms with E-state index >= 15 is 0 Å². The van der Waals surface area contributed by atoms with Gasteiger partial charge in [0.05, 0.1) is 13.1 Å². The second-order valence-electron chi connectivity index (χ2n) is 9.23. The number of piperazine rings is 1.